The summed E-state index contributed by atoms with van der Waals surface area (Å²) in [4.78, 5) is 24.5. The van der Waals surface area contributed by atoms with Crippen molar-refractivity contribution < 1.29 is 18.7 Å². The van der Waals surface area contributed by atoms with Gasteiger partial charge >= 0.3 is 0 Å². The molecule has 2 N–H and O–H groups in total. The second-order valence-corrected chi connectivity index (χ2v) is 7.35. The van der Waals surface area contributed by atoms with Gasteiger partial charge in [0.05, 0.1) is 35.9 Å². The van der Waals surface area contributed by atoms with Crippen LogP contribution in [0.4, 0.5) is 16.0 Å². The molecule has 0 fully saturated rings. The average Bonchev–Trinajstić information content (AvgIpc) is 3.26. The highest BCUT2D eigenvalue weighted by Gasteiger charge is 2.17. The lowest BCUT2D eigenvalue weighted by Crippen LogP contribution is -2.33. The molecular weight excluding hydrogens is 451 g/mol. The maximum absolute atomic E-state index is 14.0. The van der Waals surface area contributed by atoms with Gasteiger partial charge in [-0.15, -0.1) is 0 Å². The van der Waals surface area contributed by atoms with E-state index >= 15 is 0 Å². The highest BCUT2D eigenvalue weighted by atomic mass is 35.5. The number of halogens is 2. The Labute approximate surface area is 193 Å². The third kappa shape index (κ3) is 4.51. The normalized spacial score (nSPS) is 11.8. The molecule has 0 aliphatic heterocycles. The van der Waals surface area contributed by atoms with Gasteiger partial charge in [0.25, 0.3) is 5.91 Å². The van der Waals surface area contributed by atoms with Crippen LogP contribution in [0.25, 0.3) is 17.0 Å². The van der Waals surface area contributed by atoms with E-state index in [-0.39, 0.29) is 22.5 Å². The number of carbonyl (C=O) groups excluding carboxylic acids is 1. The Kier molecular flexibility index (Phi) is 6.27. The molecule has 0 aliphatic rings. The van der Waals surface area contributed by atoms with Crippen LogP contribution >= 0.6 is 11.6 Å². The zero-order chi connectivity index (χ0) is 23.5. The lowest BCUT2D eigenvalue weighted by atomic mass is 10.2. The monoisotopic (exact) mass is 470 g/mol. The van der Waals surface area contributed by atoms with Crippen LogP contribution in [-0.4, -0.2) is 45.5 Å². The Balaban J connectivity index is 1.63. The number of hydrogen-bond donors (Lipinski definition) is 2. The molecule has 0 unspecified atom stereocenters. The van der Waals surface area contributed by atoms with E-state index < -0.39 is 11.9 Å². The Bertz CT molecular complexity index is 1330. The average molecular weight is 471 g/mol. The molecule has 3 heterocycles. The number of likely N-dealkylation sites (N-methyl/N-ethyl adjacent to an activating group) is 1. The largest absolute Gasteiger partial charge is 0.494 e. The number of anilines is 2. The van der Waals surface area contributed by atoms with Gasteiger partial charge in [-0.2, -0.15) is 0 Å². The molecule has 0 aliphatic carbocycles. The summed E-state index contributed by atoms with van der Waals surface area (Å²) in [5.74, 6) is 0.453. The summed E-state index contributed by atoms with van der Waals surface area (Å²) in [6, 6.07) is 7.95. The smallest absolute Gasteiger partial charge is 0.260 e. The Morgan fingerprint density at radius 3 is 2.82 bits per heavy atom. The number of fused-ring (bicyclic) bond motifs is 1. The van der Waals surface area contributed by atoms with E-state index in [2.05, 4.69) is 25.6 Å². The number of ether oxygens (including phenoxy) is 2. The number of amides is 1. The van der Waals surface area contributed by atoms with Crippen molar-refractivity contribution in [2.75, 3.05) is 19.5 Å². The van der Waals surface area contributed by atoms with Gasteiger partial charge in [-0.3, -0.25) is 9.20 Å². The molecule has 0 radical (unpaired) electrons. The first-order chi connectivity index (χ1) is 15.9. The van der Waals surface area contributed by atoms with Gasteiger partial charge in [-0.25, -0.2) is 19.3 Å². The van der Waals surface area contributed by atoms with E-state index in [0.29, 0.717) is 28.6 Å². The molecule has 11 heteroatoms. The molecule has 0 saturated heterocycles. The van der Waals surface area contributed by atoms with Crippen molar-refractivity contribution in [2.24, 2.45) is 0 Å². The van der Waals surface area contributed by atoms with Gasteiger partial charge in [-0.05, 0) is 31.2 Å². The van der Waals surface area contributed by atoms with E-state index in [1.807, 2.05) is 0 Å². The van der Waals surface area contributed by atoms with Crippen molar-refractivity contribution in [1.29, 1.82) is 0 Å². The number of aromatic nitrogens is 4. The van der Waals surface area contributed by atoms with Crippen LogP contribution in [-0.2, 0) is 4.79 Å². The van der Waals surface area contributed by atoms with Crippen molar-refractivity contribution in [1.82, 2.24) is 24.7 Å². The molecule has 1 aromatic carbocycles. The summed E-state index contributed by atoms with van der Waals surface area (Å²) in [7, 11) is 3.05. The standard InChI is InChI=1S/C22H20ClFN6O3/c1-12(21(31)25-2)33-13-6-7-16(18(9-13)32-3)28-22-27-10-14(23)19(29-22)17-11-26-20-15(24)5-4-8-30(17)20/h4-12H,1-3H3,(H,25,31)(H,27,28,29)/t12-/m0/s1. The van der Waals surface area contributed by atoms with Gasteiger partial charge in [-0.1, -0.05) is 11.6 Å². The van der Waals surface area contributed by atoms with Gasteiger partial charge in [0.2, 0.25) is 5.95 Å². The van der Waals surface area contributed by atoms with E-state index in [1.165, 1.54) is 25.6 Å². The van der Waals surface area contributed by atoms with Gasteiger partial charge in [0.1, 0.15) is 17.2 Å². The maximum atomic E-state index is 14.0. The molecular formula is C22H20ClFN6O3. The van der Waals surface area contributed by atoms with Crippen LogP contribution in [0.1, 0.15) is 6.92 Å². The number of hydrogen-bond acceptors (Lipinski definition) is 7. The third-order valence-electron chi connectivity index (χ3n) is 4.82. The van der Waals surface area contributed by atoms with Crippen molar-refractivity contribution in [2.45, 2.75) is 13.0 Å². The number of carbonyl (C=O) groups is 1. The predicted octanol–water partition coefficient (Wildman–Crippen LogP) is 3.85. The molecule has 0 bridgehead atoms. The van der Waals surface area contributed by atoms with E-state index in [9.17, 15) is 9.18 Å². The zero-order valence-corrected chi connectivity index (χ0v) is 18.7. The molecule has 33 heavy (non-hydrogen) atoms. The summed E-state index contributed by atoms with van der Waals surface area (Å²) in [6.45, 7) is 1.65. The molecule has 4 rings (SSSR count). The lowest BCUT2D eigenvalue weighted by Gasteiger charge is -2.16. The minimum atomic E-state index is -0.670. The minimum absolute atomic E-state index is 0.167. The second-order valence-electron chi connectivity index (χ2n) is 6.94. The van der Waals surface area contributed by atoms with Crippen LogP contribution < -0.4 is 20.1 Å². The second kappa shape index (κ2) is 9.29. The highest BCUT2D eigenvalue weighted by molar-refractivity contribution is 6.32. The van der Waals surface area contributed by atoms with Crippen molar-refractivity contribution >= 4 is 34.8 Å². The van der Waals surface area contributed by atoms with E-state index in [0.717, 1.165) is 0 Å². The fourth-order valence-electron chi connectivity index (χ4n) is 3.19. The van der Waals surface area contributed by atoms with Crippen molar-refractivity contribution in [3.63, 3.8) is 0 Å². The van der Waals surface area contributed by atoms with Gasteiger partial charge in [0, 0.05) is 19.3 Å². The molecule has 4 aromatic rings. The number of nitrogens with zero attached hydrogens (tertiary/aromatic N) is 4. The van der Waals surface area contributed by atoms with Gasteiger partial charge in [0.15, 0.2) is 17.6 Å². The maximum Gasteiger partial charge on any atom is 0.260 e. The van der Waals surface area contributed by atoms with Crippen LogP contribution in [0.2, 0.25) is 5.02 Å². The molecule has 1 atom stereocenters. The fourth-order valence-corrected chi connectivity index (χ4v) is 3.38. The topological polar surface area (TPSA) is 103 Å². The summed E-state index contributed by atoms with van der Waals surface area (Å²) >= 11 is 6.33. The summed E-state index contributed by atoms with van der Waals surface area (Å²) in [5.41, 5.74) is 1.62. The Hall–Kier alpha value is -3.92. The molecule has 9 nitrogen and oxygen atoms in total. The molecule has 170 valence electrons. The number of pyridine rings is 1. The fraction of sp³-hybridized carbons (Fsp3) is 0.182. The Morgan fingerprint density at radius 2 is 2.06 bits per heavy atom. The first-order valence-corrected chi connectivity index (χ1v) is 10.3. The number of imidazole rings is 1. The minimum Gasteiger partial charge on any atom is -0.494 e. The van der Waals surface area contributed by atoms with Gasteiger partial charge < -0.3 is 20.1 Å². The quantitative estimate of drug-likeness (QED) is 0.423. The summed E-state index contributed by atoms with van der Waals surface area (Å²) in [5, 5.41) is 5.90. The Morgan fingerprint density at radius 1 is 1.24 bits per heavy atom. The first kappa shape index (κ1) is 22.3. The molecule has 1 amide bonds. The SMILES string of the molecule is CNC(=O)[C@H](C)Oc1ccc(Nc2ncc(Cl)c(-c3cnc4c(F)cccn34)n2)c(OC)c1. The van der Waals surface area contributed by atoms with Crippen molar-refractivity contribution in [3.05, 3.63) is 59.8 Å². The van der Waals surface area contributed by atoms with E-state index in [4.69, 9.17) is 21.1 Å². The third-order valence-corrected chi connectivity index (χ3v) is 5.10. The summed E-state index contributed by atoms with van der Waals surface area (Å²) in [6.07, 6.45) is 3.95. The first-order valence-electron chi connectivity index (χ1n) is 9.89. The van der Waals surface area contributed by atoms with Crippen LogP contribution in [0.15, 0.2) is 48.9 Å². The highest BCUT2D eigenvalue weighted by Crippen LogP contribution is 2.33. The summed E-state index contributed by atoms with van der Waals surface area (Å²) < 4.78 is 26.7. The molecule has 3 aromatic heterocycles. The van der Waals surface area contributed by atoms with Crippen LogP contribution in [0.5, 0.6) is 11.5 Å². The number of nitrogens with one attached hydrogen (secondary N) is 2. The number of methoxy groups -OCH3 is 1. The molecule has 0 spiro atoms. The zero-order valence-electron chi connectivity index (χ0n) is 18.0. The van der Waals surface area contributed by atoms with Crippen molar-refractivity contribution in [3.8, 4) is 22.9 Å². The lowest BCUT2D eigenvalue weighted by molar-refractivity contribution is -0.126. The predicted molar refractivity (Wildman–Crippen MR) is 122 cm³/mol. The van der Waals surface area contributed by atoms with Crippen LogP contribution in [0.3, 0.4) is 0 Å². The molecule has 0 saturated carbocycles. The van der Waals surface area contributed by atoms with E-state index in [1.54, 1.807) is 48.8 Å². The number of benzene rings is 1. The number of rotatable bonds is 7. The van der Waals surface area contributed by atoms with Crippen LogP contribution in [0, 0.1) is 5.82 Å².